The summed E-state index contributed by atoms with van der Waals surface area (Å²) in [6.45, 7) is 1.30. The topological polar surface area (TPSA) is 66.9 Å². The lowest BCUT2D eigenvalue weighted by atomic mass is 10.2. The Labute approximate surface area is 111 Å². The minimum atomic E-state index is -3.79. The van der Waals surface area contributed by atoms with Gasteiger partial charge in [-0.05, 0) is 11.6 Å². The fourth-order valence-electron chi connectivity index (χ4n) is 2.37. The molecule has 7 heteroatoms. The zero-order valence-corrected chi connectivity index (χ0v) is 11.1. The monoisotopic (exact) mass is 282 g/mol. The summed E-state index contributed by atoms with van der Waals surface area (Å²) in [4.78, 5) is 12.0. The van der Waals surface area contributed by atoms with Crippen LogP contribution < -0.4 is 4.31 Å². The van der Waals surface area contributed by atoms with Crippen LogP contribution in [0.1, 0.15) is 5.56 Å². The van der Waals surface area contributed by atoms with Crippen molar-refractivity contribution in [2.45, 2.75) is 6.42 Å². The molecule has 19 heavy (non-hydrogen) atoms. The Morgan fingerprint density at radius 3 is 2.53 bits per heavy atom. The minimum absolute atomic E-state index is 0.139. The van der Waals surface area contributed by atoms with Crippen molar-refractivity contribution in [3.8, 4) is 0 Å². The van der Waals surface area contributed by atoms with Crippen molar-refractivity contribution in [3.63, 3.8) is 0 Å². The van der Waals surface area contributed by atoms with E-state index in [2.05, 4.69) is 0 Å². The summed E-state index contributed by atoms with van der Waals surface area (Å²) in [5, 5.41) is 0. The molecule has 2 aliphatic rings. The van der Waals surface area contributed by atoms with Crippen molar-refractivity contribution in [2.24, 2.45) is 0 Å². The van der Waals surface area contributed by atoms with Crippen molar-refractivity contribution < 1.29 is 17.9 Å². The number of hydrogen-bond donors (Lipinski definition) is 0. The standard InChI is InChI=1S/C12H14N2O4S/c15-12-9-10-3-1-2-4-11(10)14(12)19(16,17)13-5-7-18-8-6-13/h1-4H,5-9H2. The van der Waals surface area contributed by atoms with E-state index in [1.54, 1.807) is 24.3 Å². The highest BCUT2D eigenvalue weighted by molar-refractivity contribution is 7.91. The van der Waals surface area contributed by atoms with Gasteiger partial charge in [0.05, 0.1) is 25.3 Å². The van der Waals surface area contributed by atoms with E-state index < -0.39 is 16.1 Å². The number of hydrogen-bond acceptors (Lipinski definition) is 4. The van der Waals surface area contributed by atoms with Gasteiger partial charge in [0.15, 0.2) is 0 Å². The summed E-state index contributed by atoms with van der Waals surface area (Å²) >= 11 is 0. The number of amides is 1. The van der Waals surface area contributed by atoms with Crippen LogP contribution in [0.2, 0.25) is 0 Å². The molecule has 0 radical (unpaired) electrons. The first-order valence-corrected chi connectivity index (χ1v) is 7.49. The Morgan fingerprint density at radius 1 is 1.11 bits per heavy atom. The van der Waals surface area contributed by atoms with E-state index in [0.29, 0.717) is 18.9 Å². The second kappa shape index (κ2) is 4.59. The van der Waals surface area contributed by atoms with Crippen molar-refractivity contribution in [1.29, 1.82) is 0 Å². The summed E-state index contributed by atoms with van der Waals surface area (Å²) in [5.74, 6) is -0.396. The molecule has 0 N–H and O–H groups in total. The van der Waals surface area contributed by atoms with E-state index in [1.165, 1.54) is 4.31 Å². The van der Waals surface area contributed by atoms with Crippen LogP contribution in [0.15, 0.2) is 24.3 Å². The molecule has 0 saturated carbocycles. The fourth-order valence-corrected chi connectivity index (χ4v) is 3.96. The van der Waals surface area contributed by atoms with Gasteiger partial charge in [-0.3, -0.25) is 4.79 Å². The van der Waals surface area contributed by atoms with Gasteiger partial charge in [-0.25, -0.2) is 0 Å². The fraction of sp³-hybridized carbons (Fsp3) is 0.417. The number of nitrogens with zero attached hydrogens (tertiary/aromatic N) is 2. The van der Waals surface area contributed by atoms with Crippen LogP contribution in [-0.2, 0) is 26.2 Å². The van der Waals surface area contributed by atoms with Gasteiger partial charge in [0, 0.05) is 13.1 Å². The maximum absolute atomic E-state index is 12.5. The van der Waals surface area contributed by atoms with E-state index in [1.807, 2.05) is 0 Å². The lowest BCUT2D eigenvalue weighted by molar-refractivity contribution is -0.116. The predicted octanol–water partition coefficient (Wildman–Crippen LogP) is 0.153. The molecule has 1 aromatic rings. The van der Waals surface area contributed by atoms with Gasteiger partial charge in [-0.1, -0.05) is 18.2 Å². The average Bonchev–Trinajstić information content (AvgIpc) is 2.76. The number of carbonyl (C=O) groups excluding carboxylic acids is 1. The van der Waals surface area contributed by atoms with Crippen LogP contribution in [0.25, 0.3) is 0 Å². The van der Waals surface area contributed by atoms with Crippen LogP contribution in [0.4, 0.5) is 5.69 Å². The lowest BCUT2D eigenvalue weighted by Gasteiger charge is -2.30. The molecule has 6 nitrogen and oxygen atoms in total. The second-order valence-electron chi connectivity index (χ2n) is 4.48. The molecule has 0 bridgehead atoms. The molecule has 0 atom stereocenters. The van der Waals surface area contributed by atoms with Crippen LogP contribution >= 0.6 is 0 Å². The van der Waals surface area contributed by atoms with Crippen LogP contribution in [0.3, 0.4) is 0 Å². The van der Waals surface area contributed by atoms with Crippen LogP contribution in [0, 0.1) is 0 Å². The molecule has 1 amide bonds. The molecule has 0 aromatic heterocycles. The number of carbonyl (C=O) groups is 1. The Balaban J connectivity index is 1.99. The molecule has 0 unspecified atom stereocenters. The highest BCUT2D eigenvalue weighted by atomic mass is 32.2. The van der Waals surface area contributed by atoms with Gasteiger partial charge in [0.2, 0.25) is 5.91 Å². The van der Waals surface area contributed by atoms with E-state index in [-0.39, 0.29) is 19.5 Å². The third kappa shape index (κ3) is 2.03. The molecule has 3 rings (SSSR count). The maximum Gasteiger partial charge on any atom is 0.310 e. The van der Waals surface area contributed by atoms with E-state index in [9.17, 15) is 13.2 Å². The highest BCUT2D eigenvalue weighted by Crippen LogP contribution is 2.32. The zero-order chi connectivity index (χ0) is 13.5. The first-order valence-electron chi connectivity index (χ1n) is 6.09. The SMILES string of the molecule is O=C1Cc2ccccc2N1S(=O)(=O)N1CCOCC1. The molecule has 1 fully saturated rings. The molecule has 0 spiro atoms. The number of morpholine rings is 1. The summed E-state index contributed by atoms with van der Waals surface area (Å²) in [7, 11) is -3.79. The van der Waals surface area contributed by atoms with Gasteiger partial charge >= 0.3 is 10.2 Å². The predicted molar refractivity (Wildman–Crippen MR) is 68.9 cm³/mol. The Morgan fingerprint density at radius 2 is 1.79 bits per heavy atom. The second-order valence-corrected chi connectivity index (χ2v) is 6.26. The largest absolute Gasteiger partial charge is 0.379 e. The van der Waals surface area contributed by atoms with Crippen molar-refractivity contribution in [3.05, 3.63) is 29.8 Å². The van der Waals surface area contributed by atoms with Crippen LogP contribution in [0.5, 0.6) is 0 Å². The number of para-hydroxylation sites is 1. The van der Waals surface area contributed by atoms with Crippen molar-refractivity contribution in [2.75, 3.05) is 30.6 Å². The van der Waals surface area contributed by atoms with Gasteiger partial charge in [-0.15, -0.1) is 0 Å². The number of rotatable bonds is 2. The van der Waals surface area contributed by atoms with E-state index >= 15 is 0 Å². The van der Waals surface area contributed by atoms with Gasteiger partial charge in [0.1, 0.15) is 0 Å². The molecule has 0 aliphatic carbocycles. The number of anilines is 1. The zero-order valence-electron chi connectivity index (χ0n) is 10.3. The normalized spacial score (nSPS) is 20.6. The molecule has 1 aromatic carbocycles. The summed E-state index contributed by atoms with van der Waals surface area (Å²) in [6, 6.07) is 6.98. The lowest BCUT2D eigenvalue weighted by Crippen LogP contribution is -2.49. The molecular weight excluding hydrogens is 268 g/mol. The van der Waals surface area contributed by atoms with E-state index in [0.717, 1.165) is 9.87 Å². The average molecular weight is 282 g/mol. The van der Waals surface area contributed by atoms with E-state index in [4.69, 9.17) is 4.74 Å². The van der Waals surface area contributed by atoms with Crippen LogP contribution in [-0.4, -0.2) is 44.9 Å². The summed E-state index contributed by atoms with van der Waals surface area (Å²) in [5.41, 5.74) is 1.23. The highest BCUT2D eigenvalue weighted by Gasteiger charge is 2.40. The Hall–Kier alpha value is -1.44. The quantitative estimate of drug-likeness (QED) is 0.774. The van der Waals surface area contributed by atoms with Gasteiger partial charge in [0.25, 0.3) is 0 Å². The van der Waals surface area contributed by atoms with Gasteiger partial charge < -0.3 is 4.74 Å². The molecule has 102 valence electrons. The Kier molecular flexibility index (Phi) is 3.04. The number of benzene rings is 1. The maximum atomic E-state index is 12.5. The minimum Gasteiger partial charge on any atom is -0.379 e. The molecule has 1 saturated heterocycles. The smallest absolute Gasteiger partial charge is 0.310 e. The third-order valence-corrected chi connectivity index (χ3v) is 5.19. The van der Waals surface area contributed by atoms with Gasteiger partial charge in [-0.2, -0.15) is 17.0 Å². The summed E-state index contributed by atoms with van der Waals surface area (Å²) < 4.78 is 32.4. The van der Waals surface area contributed by atoms with Crippen molar-refractivity contribution in [1.82, 2.24) is 4.31 Å². The van der Waals surface area contributed by atoms with Crippen molar-refractivity contribution >= 4 is 21.8 Å². The first-order chi connectivity index (χ1) is 9.10. The Bertz CT molecular complexity index is 608. The third-order valence-electron chi connectivity index (χ3n) is 3.31. The summed E-state index contributed by atoms with van der Waals surface area (Å²) in [6.07, 6.45) is 0.139. The number of ether oxygens (including phenoxy) is 1. The number of fused-ring (bicyclic) bond motifs is 1. The molecular formula is C12H14N2O4S. The molecule has 2 aliphatic heterocycles. The first kappa shape index (κ1) is 12.6. The molecule has 2 heterocycles.